The first-order valence-corrected chi connectivity index (χ1v) is 12.1. The second-order valence-electron chi connectivity index (χ2n) is 8.61. The molecule has 1 aromatic carbocycles. The molecule has 1 fully saturated rings. The lowest BCUT2D eigenvalue weighted by Crippen LogP contribution is -2.41. The molecule has 1 aromatic heterocycles. The maximum Gasteiger partial charge on any atom is 0.230 e. The van der Waals surface area contributed by atoms with Gasteiger partial charge in [-0.05, 0) is 67.7 Å². The van der Waals surface area contributed by atoms with Crippen molar-refractivity contribution in [2.45, 2.75) is 76.1 Å². The fraction of sp³-hybridized carbons (Fsp3) is 0.609. The molecule has 2 aromatic rings. The van der Waals surface area contributed by atoms with Crippen LogP contribution in [0, 0.1) is 5.92 Å². The number of benzene rings is 1. The third-order valence-electron chi connectivity index (χ3n) is 6.40. The van der Waals surface area contributed by atoms with Gasteiger partial charge in [0.25, 0.3) is 0 Å². The molecule has 0 spiro atoms. The van der Waals surface area contributed by atoms with E-state index in [1.165, 1.54) is 61.4 Å². The van der Waals surface area contributed by atoms with Crippen LogP contribution in [-0.4, -0.2) is 32.5 Å². The Balaban J connectivity index is 1.28. The highest BCUT2D eigenvalue weighted by Gasteiger charge is 2.23. The number of ether oxygens (including phenoxy) is 1. The third-order valence-corrected chi connectivity index (χ3v) is 7.42. The van der Waals surface area contributed by atoms with Gasteiger partial charge in [0.15, 0.2) is 11.0 Å². The van der Waals surface area contributed by atoms with Crippen molar-refractivity contribution in [2.24, 2.45) is 13.0 Å². The number of nitrogens with zero attached hydrogens (tertiary/aromatic N) is 3. The lowest BCUT2D eigenvalue weighted by molar-refractivity contribution is -0.119. The van der Waals surface area contributed by atoms with Gasteiger partial charge in [-0.25, -0.2) is 0 Å². The van der Waals surface area contributed by atoms with Gasteiger partial charge in [0, 0.05) is 13.1 Å². The summed E-state index contributed by atoms with van der Waals surface area (Å²) in [5, 5.41) is 12.4. The monoisotopic (exact) mass is 428 g/mol. The van der Waals surface area contributed by atoms with Crippen molar-refractivity contribution in [2.75, 3.05) is 5.75 Å². The van der Waals surface area contributed by atoms with Gasteiger partial charge in [-0.2, -0.15) is 0 Å². The number of aryl methyl sites for hydroxylation is 2. The van der Waals surface area contributed by atoms with E-state index < -0.39 is 0 Å². The Bertz CT molecular complexity index is 882. The number of hydrogen-bond acceptors (Lipinski definition) is 5. The molecule has 1 amide bonds. The Morgan fingerprint density at radius 3 is 2.80 bits per heavy atom. The first-order valence-electron chi connectivity index (χ1n) is 11.1. The molecule has 0 aliphatic heterocycles. The third kappa shape index (κ3) is 5.17. The molecule has 6 nitrogen and oxygen atoms in total. The SMILES string of the molecule is C[C@@H]1CCCC[C@H]1NC(=O)CSc1nnc(COc2ccc3c(c2)CCCC3)n1C. The molecule has 4 rings (SSSR count). The summed E-state index contributed by atoms with van der Waals surface area (Å²) < 4.78 is 7.89. The van der Waals surface area contributed by atoms with Crippen molar-refractivity contribution in [1.82, 2.24) is 20.1 Å². The fourth-order valence-electron chi connectivity index (χ4n) is 4.45. The zero-order valence-electron chi connectivity index (χ0n) is 18.0. The van der Waals surface area contributed by atoms with Crippen molar-refractivity contribution < 1.29 is 9.53 Å². The summed E-state index contributed by atoms with van der Waals surface area (Å²) in [5.41, 5.74) is 2.86. The lowest BCUT2D eigenvalue weighted by atomic mass is 9.86. The topological polar surface area (TPSA) is 69.0 Å². The number of nitrogens with one attached hydrogen (secondary N) is 1. The largest absolute Gasteiger partial charge is 0.486 e. The maximum atomic E-state index is 12.4. The van der Waals surface area contributed by atoms with E-state index >= 15 is 0 Å². The smallest absolute Gasteiger partial charge is 0.230 e. The second kappa shape index (κ2) is 9.86. The Morgan fingerprint density at radius 2 is 1.97 bits per heavy atom. The first-order chi connectivity index (χ1) is 14.6. The molecule has 162 valence electrons. The minimum atomic E-state index is 0.0774. The molecule has 1 saturated carbocycles. The van der Waals surface area contributed by atoms with Gasteiger partial charge in [-0.1, -0.05) is 37.6 Å². The quantitative estimate of drug-likeness (QED) is 0.674. The predicted molar refractivity (Wildman–Crippen MR) is 119 cm³/mol. The number of aromatic nitrogens is 3. The van der Waals surface area contributed by atoms with Gasteiger partial charge in [-0.15, -0.1) is 10.2 Å². The van der Waals surface area contributed by atoms with Gasteiger partial charge in [-0.3, -0.25) is 4.79 Å². The van der Waals surface area contributed by atoms with Crippen molar-refractivity contribution in [3.8, 4) is 5.75 Å². The van der Waals surface area contributed by atoms with Crippen molar-refractivity contribution in [3.05, 3.63) is 35.2 Å². The van der Waals surface area contributed by atoms with E-state index in [2.05, 4.69) is 34.6 Å². The van der Waals surface area contributed by atoms with E-state index in [1.807, 2.05) is 17.7 Å². The molecule has 1 N–H and O–H groups in total. The molecule has 0 bridgehead atoms. The highest BCUT2D eigenvalue weighted by atomic mass is 32.2. The molecular formula is C23H32N4O2S. The van der Waals surface area contributed by atoms with E-state index in [9.17, 15) is 4.79 Å². The van der Waals surface area contributed by atoms with Crippen LogP contribution in [0.25, 0.3) is 0 Å². The molecule has 2 atom stereocenters. The van der Waals surface area contributed by atoms with Crippen LogP contribution in [0.2, 0.25) is 0 Å². The average molecular weight is 429 g/mol. The summed E-state index contributed by atoms with van der Waals surface area (Å²) in [6.07, 6.45) is 9.63. The summed E-state index contributed by atoms with van der Waals surface area (Å²) in [6.45, 7) is 2.60. The van der Waals surface area contributed by atoms with Gasteiger partial charge >= 0.3 is 0 Å². The van der Waals surface area contributed by atoms with E-state index in [1.54, 1.807) is 0 Å². The summed E-state index contributed by atoms with van der Waals surface area (Å²) in [7, 11) is 1.93. The van der Waals surface area contributed by atoms with Crippen LogP contribution in [-0.2, 0) is 31.3 Å². The number of rotatable bonds is 7. The molecule has 2 aliphatic rings. The summed E-state index contributed by atoms with van der Waals surface area (Å²) in [6, 6.07) is 6.71. The number of amides is 1. The Kier molecular flexibility index (Phi) is 6.97. The van der Waals surface area contributed by atoms with Crippen molar-refractivity contribution >= 4 is 17.7 Å². The molecule has 0 unspecified atom stereocenters. The van der Waals surface area contributed by atoms with Gasteiger partial charge < -0.3 is 14.6 Å². The number of carbonyl (C=O) groups excluding carboxylic acids is 1. The van der Waals surface area contributed by atoms with E-state index in [0.717, 1.165) is 29.6 Å². The minimum Gasteiger partial charge on any atom is -0.486 e. The summed E-state index contributed by atoms with van der Waals surface area (Å²) in [5.74, 6) is 2.65. The normalized spacial score (nSPS) is 21.1. The molecule has 2 aliphatic carbocycles. The molecule has 1 heterocycles. The highest BCUT2D eigenvalue weighted by Crippen LogP contribution is 2.26. The van der Waals surface area contributed by atoms with Crippen LogP contribution in [0.1, 0.15) is 62.4 Å². The molecule has 0 radical (unpaired) electrons. The minimum absolute atomic E-state index is 0.0774. The Labute approximate surface area is 183 Å². The maximum absolute atomic E-state index is 12.4. The van der Waals surface area contributed by atoms with Gasteiger partial charge in [0.2, 0.25) is 5.91 Å². The van der Waals surface area contributed by atoms with Crippen LogP contribution in [0.5, 0.6) is 5.75 Å². The molecular weight excluding hydrogens is 396 g/mol. The Hall–Kier alpha value is -2.02. The zero-order chi connectivity index (χ0) is 20.9. The van der Waals surface area contributed by atoms with Gasteiger partial charge in [0.05, 0.1) is 5.75 Å². The predicted octanol–water partition coefficient (Wildman–Crippen LogP) is 4.06. The van der Waals surface area contributed by atoms with E-state index in [-0.39, 0.29) is 5.91 Å². The second-order valence-corrected chi connectivity index (χ2v) is 9.55. The zero-order valence-corrected chi connectivity index (χ0v) is 18.8. The number of hydrogen-bond donors (Lipinski definition) is 1. The summed E-state index contributed by atoms with van der Waals surface area (Å²) >= 11 is 1.43. The van der Waals surface area contributed by atoms with E-state index in [4.69, 9.17) is 4.74 Å². The average Bonchev–Trinajstić information content (AvgIpc) is 3.11. The number of carbonyl (C=O) groups is 1. The summed E-state index contributed by atoms with van der Waals surface area (Å²) in [4.78, 5) is 12.4. The van der Waals surface area contributed by atoms with Crippen LogP contribution in [0.4, 0.5) is 0 Å². The fourth-order valence-corrected chi connectivity index (χ4v) is 5.19. The van der Waals surface area contributed by atoms with Crippen LogP contribution in [0.15, 0.2) is 23.4 Å². The van der Waals surface area contributed by atoms with Crippen LogP contribution in [0.3, 0.4) is 0 Å². The number of fused-ring (bicyclic) bond motifs is 1. The van der Waals surface area contributed by atoms with Crippen molar-refractivity contribution in [1.29, 1.82) is 0 Å². The molecule has 0 saturated heterocycles. The van der Waals surface area contributed by atoms with E-state index in [0.29, 0.717) is 24.3 Å². The lowest BCUT2D eigenvalue weighted by Gasteiger charge is -2.29. The first kappa shape index (κ1) is 21.2. The molecule has 30 heavy (non-hydrogen) atoms. The van der Waals surface area contributed by atoms with Crippen LogP contribution < -0.4 is 10.1 Å². The Morgan fingerprint density at radius 1 is 1.17 bits per heavy atom. The van der Waals surface area contributed by atoms with Crippen LogP contribution >= 0.6 is 11.8 Å². The van der Waals surface area contributed by atoms with Gasteiger partial charge in [0.1, 0.15) is 12.4 Å². The van der Waals surface area contributed by atoms with Crippen molar-refractivity contribution in [3.63, 3.8) is 0 Å². The standard InChI is InChI=1S/C23H32N4O2S/c1-16-7-3-6-10-20(16)24-22(28)15-30-23-26-25-21(27(23)2)14-29-19-12-11-17-8-4-5-9-18(17)13-19/h11-13,16,20H,3-10,14-15H2,1-2H3,(H,24,28)/t16-,20-/m1/s1. The number of thioether (sulfide) groups is 1. The molecule has 7 heteroatoms. The highest BCUT2D eigenvalue weighted by molar-refractivity contribution is 7.99.